The van der Waals surface area contributed by atoms with E-state index in [9.17, 15) is 0 Å². The third-order valence-corrected chi connectivity index (χ3v) is 4.01. The highest BCUT2D eigenvalue weighted by Gasteiger charge is 2.16. The van der Waals surface area contributed by atoms with Gasteiger partial charge >= 0.3 is 0 Å². The van der Waals surface area contributed by atoms with Crippen LogP contribution in [0.2, 0.25) is 0 Å². The molecule has 0 radical (unpaired) electrons. The molecule has 1 N–H and O–H groups in total. The van der Waals surface area contributed by atoms with E-state index in [1.165, 1.54) is 5.56 Å². The van der Waals surface area contributed by atoms with Crippen molar-refractivity contribution in [3.8, 4) is 11.4 Å². The van der Waals surface area contributed by atoms with Crippen molar-refractivity contribution in [1.82, 2.24) is 20.2 Å². The number of ether oxygens (including phenoxy) is 1. The summed E-state index contributed by atoms with van der Waals surface area (Å²) >= 11 is 0. The first-order valence-corrected chi connectivity index (χ1v) is 7.42. The van der Waals surface area contributed by atoms with E-state index in [2.05, 4.69) is 33.1 Å². The van der Waals surface area contributed by atoms with Gasteiger partial charge in [0.1, 0.15) is 17.0 Å². The molecule has 0 unspecified atom stereocenters. The lowest BCUT2D eigenvalue weighted by molar-refractivity contribution is 0.122. The Morgan fingerprint density at radius 1 is 1.18 bits per heavy atom. The Morgan fingerprint density at radius 3 is 2.82 bits per heavy atom. The number of rotatable bonds is 2. The predicted octanol–water partition coefficient (Wildman–Crippen LogP) is 2.16. The number of morpholine rings is 1. The summed E-state index contributed by atoms with van der Waals surface area (Å²) in [6.07, 6.45) is 3.55. The number of hydrogen-bond acceptors (Lipinski definition) is 5. The molecule has 1 fully saturated rings. The van der Waals surface area contributed by atoms with Crippen LogP contribution in [0.15, 0.2) is 30.6 Å². The number of nitrogens with zero attached hydrogens (tertiary/aromatic N) is 4. The molecule has 22 heavy (non-hydrogen) atoms. The van der Waals surface area contributed by atoms with Gasteiger partial charge in [0.25, 0.3) is 0 Å². The fourth-order valence-electron chi connectivity index (χ4n) is 2.84. The van der Waals surface area contributed by atoms with Gasteiger partial charge in [-0.25, -0.2) is 4.98 Å². The highest BCUT2D eigenvalue weighted by Crippen LogP contribution is 2.28. The van der Waals surface area contributed by atoms with Crippen LogP contribution >= 0.6 is 0 Å². The predicted molar refractivity (Wildman–Crippen MR) is 84.9 cm³/mol. The molecule has 4 rings (SSSR count). The zero-order valence-electron chi connectivity index (χ0n) is 12.4. The summed E-state index contributed by atoms with van der Waals surface area (Å²) in [6.45, 7) is 5.36. The van der Waals surface area contributed by atoms with Crippen molar-refractivity contribution in [2.24, 2.45) is 0 Å². The minimum atomic E-state index is 0.749. The van der Waals surface area contributed by atoms with E-state index in [0.717, 1.165) is 54.4 Å². The van der Waals surface area contributed by atoms with Crippen LogP contribution in [0.4, 0.5) is 5.82 Å². The molecule has 0 saturated carbocycles. The standard InChI is InChI=1S/C16H17N5O/c1-11-10-14(21-6-8-22-9-7-21)19-15-12(11)2-4-17-16(15)13-3-5-18-20-13/h2-5,10H,6-9H2,1H3,(H,18,20). The molecule has 6 nitrogen and oxygen atoms in total. The van der Waals surface area contributed by atoms with Crippen LogP contribution < -0.4 is 4.90 Å². The molecule has 0 aromatic carbocycles. The number of aromatic amines is 1. The van der Waals surface area contributed by atoms with Crippen molar-refractivity contribution >= 4 is 16.7 Å². The maximum absolute atomic E-state index is 5.43. The van der Waals surface area contributed by atoms with Crippen LogP contribution in [-0.2, 0) is 4.74 Å². The van der Waals surface area contributed by atoms with Crippen LogP contribution in [0.1, 0.15) is 5.56 Å². The summed E-state index contributed by atoms with van der Waals surface area (Å²) in [5.74, 6) is 0.988. The monoisotopic (exact) mass is 295 g/mol. The van der Waals surface area contributed by atoms with Crippen LogP contribution in [0, 0.1) is 6.92 Å². The van der Waals surface area contributed by atoms with Crippen molar-refractivity contribution in [3.05, 3.63) is 36.2 Å². The minimum Gasteiger partial charge on any atom is -0.378 e. The van der Waals surface area contributed by atoms with Crippen LogP contribution in [-0.4, -0.2) is 46.5 Å². The number of fused-ring (bicyclic) bond motifs is 1. The Morgan fingerprint density at radius 2 is 2.05 bits per heavy atom. The van der Waals surface area contributed by atoms with E-state index in [1.807, 2.05) is 18.3 Å². The molecule has 0 bridgehead atoms. The molecule has 1 saturated heterocycles. The molecule has 6 heteroatoms. The maximum atomic E-state index is 5.43. The number of anilines is 1. The highest BCUT2D eigenvalue weighted by molar-refractivity contribution is 5.93. The number of aromatic nitrogens is 4. The number of pyridine rings is 2. The Hall–Kier alpha value is -2.47. The number of hydrogen-bond donors (Lipinski definition) is 1. The zero-order chi connectivity index (χ0) is 14.9. The minimum absolute atomic E-state index is 0.749. The van der Waals surface area contributed by atoms with Crippen LogP contribution in [0.25, 0.3) is 22.3 Å². The average molecular weight is 295 g/mol. The third kappa shape index (κ3) is 2.21. The van der Waals surface area contributed by atoms with Crippen LogP contribution in [0.5, 0.6) is 0 Å². The third-order valence-electron chi connectivity index (χ3n) is 4.01. The molecule has 1 aliphatic heterocycles. The van der Waals surface area contributed by atoms with E-state index in [4.69, 9.17) is 9.72 Å². The van der Waals surface area contributed by atoms with Crippen LogP contribution in [0.3, 0.4) is 0 Å². The van der Waals surface area contributed by atoms with Gasteiger partial charge in [0.15, 0.2) is 0 Å². The van der Waals surface area contributed by atoms with Gasteiger partial charge in [-0.2, -0.15) is 5.10 Å². The fraction of sp³-hybridized carbons (Fsp3) is 0.312. The topological polar surface area (TPSA) is 66.9 Å². The molecular formula is C16H17N5O. The zero-order valence-corrected chi connectivity index (χ0v) is 12.4. The fourth-order valence-corrected chi connectivity index (χ4v) is 2.84. The Balaban J connectivity index is 1.89. The second-order valence-electron chi connectivity index (χ2n) is 5.42. The lowest BCUT2D eigenvalue weighted by Gasteiger charge is -2.28. The van der Waals surface area contributed by atoms with Gasteiger partial charge in [-0.1, -0.05) is 0 Å². The number of nitrogens with one attached hydrogen (secondary N) is 1. The first kappa shape index (κ1) is 13.2. The smallest absolute Gasteiger partial charge is 0.129 e. The van der Waals surface area contributed by atoms with E-state index >= 15 is 0 Å². The van der Waals surface area contributed by atoms with Crippen molar-refractivity contribution in [3.63, 3.8) is 0 Å². The first-order chi connectivity index (χ1) is 10.8. The summed E-state index contributed by atoms with van der Waals surface area (Å²) in [5, 5.41) is 8.12. The van der Waals surface area contributed by atoms with Gasteiger partial charge in [-0.05, 0) is 30.7 Å². The molecule has 0 atom stereocenters. The van der Waals surface area contributed by atoms with Gasteiger partial charge in [-0.3, -0.25) is 10.1 Å². The normalized spacial score (nSPS) is 15.4. The Kier molecular flexibility index (Phi) is 3.23. The van der Waals surface area contributed by atoms with Gasteiger partial charge in [0, 0.05) is 30.9 Å². The molecule has 3 aromatic heterocycles. The van der Waals surface area contributed by atoms with Gasteiger partial charge < -0.3 is 9.64 Å². The summed E-state index contributed by atoms with van der Waals surface area (Å²) in [7, 11) is 0. The molecule has 0 aliphatic carbocycles. The van der Waals surface area contributed by atoms with Crippen molar-refractivity contribution in [2.75, 3.05) is 31.2 Å². The van der Waals surface area contributed by atoms with Gasteiger partial charge in [0.2, 0.25) is 0 Å². The molecule has 4 heterocycles. The number of aryl methyl sites for hydroxylation is 1. The first-order valence-electron chi connectivity index (χ1n) is 7.42. The molecule has 0 spiro atoms. The molecular weight excluding hydrogens is 278 g/mol. The van der Waals surface area contributed by atoms with Gasteiger partial charge in [-0.15, -0.1) is 0 Å². The summed E-state index contributed by atoms with van der Waals surface area (Å²) in [5.41, 5.74) is 3.84. The highest BCUT2D eigenvalue weighted by atomic mass is 16.5. The summed E-state index contributed by atoms with van der Waals surface area (Å²) in [4.78, 5) is 11.6. The maximum Gasteiger partial charge on any atom is 0.129 e. The molecule has 112 valence electrons. The van der Waals surface area contributed by atoms with E-state index < -0.39 is 0 Å². The quantitative estimate of drug-likeness (QED) is 0.785. The van der Waals surface area contributed by atoms with E-state index in [0.29, 0.717) is 0 Å². The van der Waals surface area contributed by atoms with Gasteiger partial charge in [0.05, 0.1) is 18.9 Å². The van der Waals surface area contributed by atoms with E-state index in [-0.39, 0.29) is 0 Å². The second-order valence-corrected chi connectivity index (χ2v) is 5.42. The summed E-state index contributed by atoms with van der Waals surface area (Å²) in [6, 6.07) is 6.07. The second kappa shape index (κ2) is 5.38. The van der Waals surface area contributed by atoms with Crippen molar-refractivity contribution < 1.29 is 4.74 Å². The van der Waals surface area contributed by atoms with Crippen molar-refractivity contribution in [2.45, 2.75) is 6.92 Å². The lowest BCUT2D eigenvalue weighted by Crippen LogP contribution is -2.36. The largest absolute Gasteiger partial charge is 0.378 e. The summed E-state index contributed by atoms with van der Waals surface area (Å²) < 4.78 is 5.43. The molecule has 1 aliphatic rings. The average Bonchev–Trinajstić information content (AvgIpc) is 3.09. The van der Waals surface area contributed by atoms with Crippen molar-refractivity contribution in [1.29, 1.82) is 0 Å². The molecule has 0 amide bonds. The Bertz CT molecular complexity index is 794. The Labute approximate surface area is 128 Å². The number of H-pyrrole nitrogens is 1. The lowest BCUT2D eigenvalue weighted by atomic mass is 10.1. The molecule has 3 aromatic rings. The van der Waals surface area contributed by atoms with E-state index in [1.54, 1.807) is 6.20 Å². The SMILES string of the molecule is Cc1cc(N2CCOCC2)nc2c(-c3ccn[nH]3)nccc12.